The molecule has 0 aromatic heterocycles. The van der Waals surface area contributed by atoms with E-state index in [-0.39, 0.29) is 10.4 Å². The average Bonchev–Trinajstić information content (AvgIpc) is 3.33. The Bertz CT molecular complexity index is 1220. The number of fused-ring (bicyclic) bond motifs is 1. The van der Waals surface area contributed by atoms with Crippen LogP contribution in [0.2, 0.25) is 0 Å². The van der Waals surface area contributed by atoms with Gasteiger partial charge in [-0.25, -0.2) is 14.4 Å². The van der Waals surface area contributed by atoms with Crippen LogP contribution in [-0.2, 0) is 14.4 Å². The fraction of sp³-hybridized carbons (Fsp3) is 0.200. The Labute approximate surface area is 198 Å². The van der Waals surface area contributed by atoms with Gasteiger partial charge in [-0.05, 0) is 64.8 Å². The number of hydrogen-bond donors (Lipinski definition) is 0. The number of carbonyl (C=O) groups excluding carboxylic acids is 2. The normalized spacial score (nSPS) is 22.1. The molecule has 2 heterocycles. The van der Waals surface area contributed by atoms with Crippen molar-refractivity contribution in [3.63, 3.8) is 0 Å². The maximum Gasteiger partial charge on any atom is 0.266 e. The van der Waals surface area contributed by atoms with Crippen molar-refractivity contribution in [3.05, 3.63) is 88.6 Å². The van der Waals surface area contributed by atoms with E-state index in [0.717, 1.165) is 4.90 Å². The SMILES string of the molecule is CCOc1ccccc1N1C(=O)[C@H]2[C@H](ON(c3ccccc3)[C@H]2c2ccc(F)c(Br)c2)C1=O. The van der Waals surface area contributed by atoms with E-state index in [2.05, 4.69) is 15.9 Å². The summed E-state index contributed by atoms with van der Waals surface area (Å²) in [6, 6.07) is 20.1. The maximum absolute atomic E-state index is 14.0. The summed E-state index contributed by atoms with van der Waals surface area (Å²) in [5.74, 6) is -1.63. The van der Waals surface area contributed by atoms with Crippen LogP contribution in [0.3, 0.4) is 0 Å². The lowest BCUT2D eigenvalue weighted by Crippen LogP contribution is -2.37. The first-order valence-electron chi connectivity index (χ1n) is 10.6. The monoisotopic (exact) mass is 510 g/mol. The zero-order valence-corrected chi connectivity index (χ0v) is 19.2. The zero-order valence-electron chi connectivity index (χ0n) is 17.7. The second-order valence-electron chi connectivity index (χ2n) is 7.74. The molecular formula is C25H20BrFN2O4. The highest BCUT2D eigenvalue weighted by Gasteiger charge is 2.60. The largest absolute Gasteiger partial charge is 0.492 e. The highest BCUT2D eigenvalue weighted by atomic mass is 79.9. The van der Waals surface area contributed by atoms with Crippen LogP contribution in [0.15, 0.2) is 77.3 Å². The summed E-state index contributed by atoms with van der Waals surface area (Å²) >= 11 is 3.23. The van der Waals surface area contributed by atoms with Crippen molar-refractivity contribution in [1.29, 1.82) is 0 Å². The molecule has 8 heteroatoms. The van der Waals surface area contributed by atoms with Gasteiger partial charge in [-0.3, -0.25) is 14.4 Å². The number of amides is 2. The predicted octanol–water partition coefficient (Wildman–Crippen LogP) is 5.04. The van der Waals surface area contributed by atoms with Gasteiger partial charge in [0, 0.05) is 0 Å². The lowest BCUT2D eigenvalue weighted by molar-refractivity contribution is -0.126. The molecule has 0 N–H and O–H groups in total. The molecule has 2 saturated heterocycles. The van der Waals surface area contributed by atoms with Crippen LogP contribution >= 0.6 is 15.9 Å². The van der Waals surface area contributed by atoms with Gasteiger partial charge in [0.25, 0.3) is 5.91 Å². The number of hydrogen-bond acceptors (Lipinski definition) is 5. The molecule has 5 rings (SSSR count). The minimum atomic E-state index is -1.01. The second kappa shape index (κ2) is 8.61. The third kappa shape index (κ3) is 3.59. The fourth-order valence-corrected chi connectivity index (χ4v) is 4.80. The summed E-state index contributed by atoms with van der Waals surface area (Å²) < 4.78 is 19.9. The van der Waals surface area contributed by atoms with Crippen molar-refractivity contribution in [1.82, 2.24) is 0 Å². The third-order valence-electron chi connectivity index (χ3n) is 5.82. The van der Waals surface area contributed by atoms with E-state index in [1.807, 2.05) is 37.3 Å². The summed E-state index contributed by atoms with van der Waals surface area (Å²) in [5, 5.41) is 1.58. The van der Waals surface area contributed by atoms with E-state index in [4.69, 9.17) is 9.57 Å². The number of hydroxylamine groups is 1. The van der Waals surface area contributed by atoms with Crippen molar-refractivity contribution in [2.24, 2.45) is 5.92 Å². The topological polar surface area (TPSA) is 59.1 Å². The summed E-state index contributed by atoms with van der Waals surface area (Å²) in [5.41, 5.74) is 1.73. The zero-order chi connectivity index (χ0) is 23.1. The number of imide groups is 1. The van der Waals surface area contributed by atoms with E-state index in [1.165, 1.54) is 6.07 Å². The first-order valence-corrected chi connectivity index (χ1v) is 11.4. The molecular weight excluding hydrogens is 491 g/mol. The minimum Gasteiger partial charge on any atom is -0.492 e. The molecule has 0 saturated carbocycles. The molecule has 168 valence electrons. The third-order valence-corrected chi connectivity index (χ3v) is 6.42. The molecule has 2 fully saturated rings. The second-order valence-corrected chi connectivity index (χ2v) is 8.60. The number of nitrogens with zero attached hydrogens (tertiary/aromatic N) is 2. The number of benzene rings is 3. The summed E-state index contributed by atoms with van der Waals surface area (Å²) in [4.78, 5) is 34.4. The van der Waals surface area contributed by atoms with Crippen molar-refractivity contribution in [2.75, 3.05) is 16.6 Å². The number of halogens is 2. The molecule has 0 aliphatic carbocycles. The molecule has 3 aromatic carbocycles. The molecule has 2 amide bonds. The summed E-state index contributed by atoms with van der Waals surface area (Å²) in [6.07, 6.45) is -1.01. The van der Waals surface area contributed by atoms with Crippen molar-refractivity contribution < 1.29 is 23.6 Å². The van der Waals surface area contributed by atoms with Crippen molar-refractivity contribution in [2.45, 2.75) is 19.1 Å². The van der Waals surface area contributed by atoms with Crippen LogP contribution in [0.5, 0.6) is 5.75 Å². The van der Waals surface area contributed by atoms with Gasteiger partial charge in [-0.2, -0.15) is 0 Å². The minimum absolute atomic E-state index is 0.270. The van der Waals surface area contributed by atoms with Crippen molar-refractivity contribution >= 4 is 39.1 Å². The van der Waals surface area contributed by atoms with Crippen LogP contribution < -0.4 is 14.7 Å². The Morgan fingerprint density at radius 2 is 1.73 bits per heavy atom. The molecule has 3 aromatic rings. The van der Waals surface area contributed by atoms with Gasteiger partial charge < -0.3 is 4.74 Å². The fourth-order valence-electron chi connectivity index (χ4n) is 4.41. The van der Waals surface area contributed by atoms with Crippen LogP contribution in [0.4, 0.5) is 15.8 Å². The van der Waals surface area contributed by atoms with Gasteiger partial charge in [0.2, 0.25) is 5.91 Å². The molecule has 2 aliphatic heterocycles. The molecule has 0 unspecified atom stereocenters. The quantitative estimate of drug-likeness (QED) is 0.450. The summed E-state index contributed by atoms with van der Waals surface area (Å²) in [7, 11) is 0. The average molecular weight is 511 g/mol. The molecule has 0 spiro atoms. The van der Waals surface area contributed by atoms with Gasteiger partial charge in [0.15, 0.2) is 6.10 Å². The standard InChI is InChI=1S/C25H20BrFN2O4/c1-2-32-20-11-7-6-10-19(20)28-24(30)21-22(15-12-13-18(27)17(26)14-15)29(33-23(21)25(28)31)16-8-4-3-5-9-16/h3-14,21-23H,2H2,1H3/t21-,22+,23+/m1/s1. The van der Waals surface area contributed by atoms with E-state index in [1.54, 1.807) is 41.5 Å². The van der Waals surface area contributed by atoms with Gasteiger partial charge >= 0.3 is 0 Å². The number of rotatable bonds is 5. The Balaban J connectivity index is 1.60. The maximum atomic E-state index is 14.0. The number of anilines is 2. The molecule has 3 atom stereocenters. The van der Waals surface area contributed by atoms with E-state index in [9.17, 15) is 14.0 Å². The number of carbonyl (C=O) groups is 2. The van der Waals surface area contributed by atoms with Crippen LogP contribution in [-0.4, -0.2) is 24.5 Å². The molecule has 0 radical (unpaired) electrons. The number of para-hydroxylation sites is 3. The van der Waals surface area contributed by atoms with Gasteiger partial charge in [0.05, 0.1) is 28.5 Å². The first kappa shape index (κ1) is 21.6. The lowest BCUT2D eigenvalue weighted by atomic mass is 9.90. The van der Waals surface area contributed by atoms with E-state index >= 15 is 0 Å². The van der Waals surface area contributed by atoms with Crippen LogP contribution in [0, 0.1) is 11.7 Å². The van der Waals surface area contributed by atoms with Crippen LogP contribution in [0.1, 0.15) is 18.5 Å². The molecule has 2 aliphatic rings. The first-order chi connectivity index (χ1) is 16.0. The van der Waals surface area contributed by atoms with E-state index in [0.29, 0.717) is 29.3 Å². The highest BCUT2D eigenvalue weighted by Crippen LogP contribution is 2.48. The van der Waals surface area contributed by atoms with E-state index < -0.39 is 29.8 Å². The Hall–Kier alpha value is -3.23. The number of ether oxygens (including phenoxy) is 1. The summed E-state index contributed by atoms with van der Waals surface area (Å²) in [6.45, 7) is 2.23. The Morgan fingerprint density at radius 1 is 1.00 bits per heavy atom. The predicted molar refractivity (Wildman–Crippen MR) is 124 cm³/mol. The van der Waals surface area contributed by atoms with Crippen molar-refractivity contribution in [3.8, 4) is 5.75 Å². The Kier molecular flexibility index (Phi) is 5.64. The van der Waals surface area contributed by atoms with Gasteiger partial charge in [0.1, 0.15) is 17.5 Å². The molecule has 6 nitrogen and oxygen atoms in total. The molecule has 33 heavy (non-hydrogen) atoms. The highest BCUT2D eigenvalue weighted by molar-refractivity contribution is 9.10. The lowest BCUT2D eigenvalue weighted by Gasteiger charge is -2.29. The van der Waals surface area contributed by atoms with Gasteiger partial charge in [-0.15, -0.1) is 0 Å². The Morgan fingerprint density at radius 3 is 2.45 bits per heavy atom. The smallest absolute Gasteiger partial charge is 0.266 e. The molecule has 0 bridgehead atoms. The van der Waals surface area contributed by atoms with Crippen LogP contribution in [0.25, 0.3) is 0 Å². The van der Waals surface area contributed by atoms with Gasteiger partial charge in [-0.1, -0.05) is 36.4 Å².